The second-order valence-corrected chi connectivity index (χ2v) is 2.67. The summed E-state index contributed by atoms with van der Waals surface area (Å²) in [5.41, 5.74) is 8.43. The Morgan fingerprint density at radius 2 is 2.38 bits per heavy atom. The Kier molecular flexibility index (Phi) is 3.12. The third kappa shape index (κ3) is 3.01. The first kappa shape index (κ1) is 9.36. The minimum atomic E-state index is -0.125. The number of hydrazone groups is 1. The smallest absolute Gasteiger partial charge is 0.222 e. The number of nitrogens with two attached hydrogens (primary N) is 1. The van der Waals surface area contributed by atoms with E-state index in [-0.39, 0.29) is 5.84 Å². The molecule has 0 aliphatic heterocycles. The highest BCUT2D eigenvalue weighted by atomic mass is 35.5. The maximum Gasteiger partial charge on any atom is 0.222 e. The molecular formula is C8H7ClN4. The van der Waals surface area contributed by atoms with Gasteiger partial charge in [0, 0.05) is 5.02 Å². The summed E-state index contributed by atoms with van der Waals surface area (Å²) in [6.07, 6.45) is 0. The first-order valence-corrected chi connectivity index (χ1v) is 3.85. The molecule has 1 aromatic carbocycles. The van der Waals surface area contributed by atoms with Crippen LogP contribution in [0.5, 0.6) is 0 Å². The van der Waals surface area contributed by atoms with Crippen LogP contribution in [-0.2, 0) is 0 Å². The molecule has 0 unspecified atom stereocenters. The lowest BCUT2D eigenvalue weighted by molar-refractivity contribution is 1.32. The van der Waals surface area contributed by atoms with Crippen molar-refractivity contribution in [2.24, 2.45) is 10.8 Å². The summed E-state index contributed by atoms with van der Waals surface area (Å²) in [6, 6.07) is 8.63. The zero-order valence-corrected chi connectivity index (χ0v) is 7.42. The van der Waals surface area contributed by atoms with Gasteiger partial charge in [-0.25, -0.2) is 0 Å². The molecule has 4 nitrogen and oxygen atoms in total. The topological polar surface area (TPSA) is 74.2 Å². The van der Waals surface area contributed by atoms with Gasteiger partial charge in [-0.1, -0.05) is 17.7 Å². The standard InChI is InChI=1S/C8H7ClN4/c9-6-2-1-3-7(4-6)12-13-8(11)5-10/h1-4,12H,(H2,11,13). The first-order chi connectivity index (χ1) is 6.22. The van der Waals surface area contributed by atoms with Gasteiger partial charge in [0.05, 0.1) is 5.69 Å². The number of rotatable bonds is 2. The average molecular weight is 195 g/mol. The van der Waals surface area contributed by atoms with Gasteiger partial charge in [-0.2, -0.15) is 5.26 Å². The van der Waals surface area contributed by atoms with Crippen LogP contribution in [-0.4, -0.2) is 5.84 Å². The Balaban J connectivity index is 2.71. The fraction of sp³-hybridized carbons (Fsp3) is 0. The number of nitriles is 1. The summed E-state index contributed by atoms with van der Waals surface area (Å²) in [5, 5.41) is 12.5. The van der Waals surface area contributed by atoms with Gasteiger partial charge < -0.3 is 5.73 Å². The first-order valence-electron chi connectivity index (χ1n) is 3.47. The molecular weight excluding hydrogens is 188 g/mol. The number of halogens is 1. The average Bonchev–Trinajstić information content (AvgIpc) is 2.14. The van der Waals surface area contributed by atoms with E-state index in [1.54, 1.807) is 30.3 Å². The molecule has 0 atom stereocenters. The fourth-order valence-electron chi connectivity index (χ4n) is 0.708. The molecule has 0 amide bonds. The molecule has 13 heavy (non-hydrogen) atoms. The second-order valence-electron chi connectivity index (χ2n) is 2.23. The molecule has 3 N–H and O–H groups in total. The van der Waals surface area contributed by atoms with Crippen molar-refractivity contribution in [2.75, 3.05) is 5.43 Å². The summed E-state index contributed by atoms with van der Waals surface area (Å²) in [4.78, 5) is 0. The normalized spacial score (nSPS) is 10.6. The Morgan fingerprint density at radius 3 is 3.00 bits per heavy atom. The van der Waals surface area contributed by atoms with Gasteiger partial charge in [-0.3, -0.25) is 5.43 Å². The van der Waals surface area contributed by atoms with Gasteiger partial charge in [-0.15, -0.1) is 5.10 Å². The van der Waals surface area contributed by atoms with Crippen LogP contribution in [0.3, 0.4) is 0 Å². The number of nitrogens with one attached hydrogen (secondary N) is 1. The quantitative estimate of drug-likeness (QED) is 0.426. The van der Waals surface area contributed by atoms with E-state index in [0.29, 0.717) is 10.7 Å². The van der Waals surface area contributed by atoms with E-state index < -0.39 is 0 Å². The second kappa shape index (κ2) is 4.33. The van der Waals surface area contributed by atoms with Crippen LogP contribution in [0, 0.1) is 11.3 Å². The molecule has 0 fully saturated rings. The summed E-state index contributed by atoms with van der Waals surface area (Å²) in [6.45, 7) is 0. The molecule has 1 aromatic rings. The van der Waals surface area contributed by atoms with Gasteiger partial charge >= 0.3 is 0 Å². The van der Waals surface area contributed by atoms with E-state index in [0.717, 1.165) is 0 Å². The minimum absolute atomic E-state index is 0.125. The van der Waals surface area contributed by atoms with Crippen molar-refractivity contribution in [3.63, 3.8) is 0 Å². The highest BCUT2D eigenvalue weighted by Gasteiger charge is 1.91. The Hall–Kier alpha value is -1.73. The summed E-state index contributed by atoms with van der Waals surface area (Å²) >= 11 is 5.71. The predicted molar refractivity (Wildman–Crippen MR) is 52.3 cm³/mol. The third-order valence-electron chi connectivity index (χ3n) is 1.24. The van der Waals surface area contributed by atoms with Crippen molar-refractivity contribution in [1.82, 2.24) is 0 Å². The lowest BCUT2D eigenvalue weighted by Crippen LogP contribution is -2.10. The summed E-state index contributed by atoms with van der Waals surface area (Å²) < 4.78 is 0. The van der Waals surface area contributed by atoms with Gasteiger partial charge in [-0.05, 0) is 18.2 Å². The molecule has 0 bridgehead atoms. The number of benzene rings is 1. The molecule has 0 spiro atoms. The zero-order valence-electron chi connectivity index (χ0n) is 6.66. The highest BCUT2D eigenvalue weighted by molar-refractivity contribution is 6.30. The third-order valence-corrected chi connectivity index (χ3v) is 1.48. The van der Waals surface area contributed by atoms with E-state index >= 15 is 0 Å². The van der Waals surface area contributed by atoms with Crippen LogP contribution in [0.2, 0.25) is 5.02 Å². The Labute approximate surface area is 80.6 Å². The molecule has 0 aliphatic carbocycles. The molecule has 66 valence electrons. The molecule has 5 heteroatoms. The maximum absolute atomic E-state index is 8.30. The number of nitrogens with zero attached hydrogens (tertiary/aromatic N) is 2. The Morgan fingerprint density at radius 1 is 1.62 bits per heavy atom. The zero-order chi connectivity index (χ0) is 9.68. The molecule has 0 heterocycles. The molecule has 0 aliphatic rings. The highest BCUT2D eigenvalue weighted by Crippen LogP contribution is 2.14. The fourth-order valence-corrected chi connectivity index (χ4v) is 0.898. The van der Waals surface area contributed by atoms with Crippen molar-refractivity contribution in [1.29, 1.82) is 5.26 Å². The monoisotopic (exact) mass is 194 g/mol. The number of hydrogen-bond donors (Lipinski definition) is 2. The van der Waals surface area contributed by atoms with Crippen LogP contribution >= 0.6 is 11.6 Å². The molecule has 1 rings (SSSR count). The predicted octanol–water partition coefficient (Wildman–Crippen LogP) is 1.55. The van der Waals surface area contributed by atoms with Crippen molar-refractivity contribution < 1.29 is 0 Å². The van der Waals surface area contributed by atoms with E-state index in [1.807, 2.05) is 0 Å². The lowest BCUT2D eigenvalue weighted by Gasteiger charge is -1.99. The van der Waals surface area contributed by atoms with Gasteiger partial charge in [0.1, 0.15) is 6.07 Å². The van der Waals surface area contributed by atoms with E-state index in [1.165, 1.54) is 0 Å². The van der Waals surface area contributed by atoms with Crippen molar-refractivity contribution in [3.8, 4) is 6.07 Å². The number of anilines is 1. The SMILES string of the molecule is N#CC(N)=NNc1cccc(Cl)c1. The summed E-state index contributed by atoms with van der Waals surface area (Å²) in [7, 11) is 0. The van der Waals surface area contributed by atoms with Crippen LogP contribution in [0.4, 0.5) is 5.69 Å². The van der Waals surface area contributed by atoms with Crippen molar-refractivity contribution in [2.45, 2.75) is 0 Å². The molecule has 0 saturated carbocycles. The molecule has 0 radical (unpaired) electrons. The Bertz CT molecular complexity index is 367. The van der Waals surface area contributed by atoms with E-state index in [2.05, 4.69) is 10.5 Å². The van der Waals surface area contributed by atoms with Crippen molar-refractivity contribution in [3.05, 3.63) is 29.3 Å². The van der Waals surface area contributed by atoms with Crippen molar-refractivity contribution >= 4 is 23.1 Å². The maximum atomic E-state index is 8.30. The van der Waals surface area contributed by atoms with Gasteiger partial charge in [0.25, 0.3) is 0 Å². The van der Waals surface area contributed by atoms with E-state index in [4.69, 9.17) is 22.6 Å². The summed E-state index contributed by atoms with van der Waals surface area (Å²) in [5.74, 6) is -0.125. The lowest BCUT2D eigenvalue weighted by atomic mass is 10.3. The van der Waals surface area contributed by atoms with Crippen LogP contribution in [0.1, 0.15) is 0 Å². The van der Waals surface area contributed by atoms with Gasteiger partial charge in [0.2, 0.25) is 5.84 Å². The molecule has 0 aromatic heterocycles. The van der Waals surface area contributed by atoms with Gasteiger partial charge in [0.15, 0.2) is 0 Å². The van der Waals surface area contributed by atoms with Crippen LogP contribution in [0.25, 0.3) is 0 Å². The van der Waals surface area contributed by atoms with E-state index in [9.17, 15) is 0 Å². The number of hydrogen-bond acceptors (Lipinski definition) is 3. The largest absolute Gasteiger partial charge is 0.373 e. The molecule has 0 saturated heterocycles. The number of amidine groups is 1. The van der Waals surface area contributed by atoms with Crippen LogP contribution in [0.15, 0.2) is 29.4 Å². The minimum Gasteiger partial charge on any atom is -0.373 e. The van der Waals surface area contributed by atoms with Crippen LogP contribution < -0.4 is 11.2 Å².